The lowest BCUT2D eigenvalue weighted by atomic mass is 10.3. The summed E-state index contributed by atoms with van der Waals surface area (Å²) in [5, 5.41) is 3.26. The predicted octanol–water partition coefficient (Wildman–Crippen LogP) is 3.57. The van der Waals surface area contributed by atoms with E-state index in [4.69, 9.17) is 5.53 Å². The van der Waals surface area contributed by atoms with Crippen molar-refractivity contribution in [1.29, 1.82) is 0 Å². The molecule has 0 fully saturated rings. The molecule has 4 nitrogen and oxygen atoms in total. The van der Waals surface area contributed by atoms with E-state index in [0.717, 1.165) is 0 Å². The number of hydrogen-bond donors (Lipinski definition) is 0. The molecule has 0 unspecified atom stereocenters. The number of hydrogen-bond acceptors (Lipinski definition) is 2. The first-order valence-electron chi connectivity index (χ1n) is 3.86. The first-order valence-corrected chi connectivity index (χ1v) is 3.86. The number of azide groups is 1. The fourth-order valence-corrected chi connectivity index (χ4v) is 0.826. The number of alkyl halides is 3. The molecular formula is C8H6F3N3O. The molecule has 0 saturated carbocycles. The lowest BCUT2D eigenvalue weighted by Crippen LogP contribution is -2.19. The van der Waals surface area contributed by atoms with Crippen LogP contribution in [-0.2, 0) is 0 Å². The number of rotatable bonds is 3. The van der Waals surface area contributed by atoms with E-state index in [-0.39, 0.29) is 5.75 Å². The Morgan fingerprint density at radius 3 is 2.33 bits per heavy atom. The molecule has 0 N–H and O–H groups in total. The zero-order valence-corrected chi connectivity index (χ0v) is 7.40. The molecule has 0 heterocycles. The number of ether oxygens (including phenoxy) is 1. The van der Waals surface area contributed by atoms with Crippen LogP contribution in [0.5, 0.6) is 5.75 Å². The van der Waals surface area contributed by atoms with E-state index in [9.17, 15) is 13.2 Å². The van der Waals surface area contributed by atoms with E-state index in [1.54, 1.807) is 0 Å². The van der Waals surface area contributed by atoms with E-state index in [2.05, 4.69) is 14.8 Å². The van der Waals surface area contributed by atoms with Crippen molar-refractivity contribution in [1.82, 2.24) is 0 Å². The van der Waals surface area contributed by atoms with Crippen LogP contribution >= 0.6 is 0 Å². The molecule has 0 aliphatic rings. The second-order valence-electron chi connectivity index (χ2n) is 2.59. The Bertz CT molecular complexity index is 368. The topological polar surface area (TPSA) is 58.0 Å². The Kier molecular flexibility index (Phi) is 3.41. The molecule has 80 valence electrons. The molecule has 1 aromatic carbocycles. The number of halogens is 3. The van der Waals surface area contributed by atoms with E-state index in [0.29, 0.717) is 5.69 Å². The SMILES string of the molecule is [N-]=[N+]=Nc1ccc(OCC(F)(F)F)cc1. The first-order chi connectivity index (χ1) is 7.01. The summed E-state index contributed by atoms with van der Waals surface area (Å²) >= 11 is 0. The molecule has 0 bridgehead atoms. The Labute approximate surface area is 82.9 Å². The van der Waals surface area contributed by atoms with Gasteiger partial charge in [-0.3, -0.25) is 0 Å². The third-order valence-electron chi connectivity index (χ3n) is 1.40. The smallest absolute Gasteiger partial charge is 0.422 e. The molecule has 1 rings (SSSR count). The van der Waals surface area contributed by atoms with Crippen LogP contribution in [0.25, 0.3) is 10.4 Å². The molecule has 0 saturated heterocycles. The van der Waals surface area contributed by atoms with Crippen molar-refractivity contribution in [3.63, 3.8) is 0 Å². The van der Waals surface area contributed by atoms with Crippen molar-refractivity contribution in [2.24, 2.45) is 5.11 Å². The van der Waals surface area contributed by atoms with E-state index in [1.165, 1.54) is 24.3 Å². The summed E-state index contributed by atoms with van der Waals surface area (Å²) < 4.78 is 39.7. The Balaban J connectivity index is 2.61. The van der Waals surface area contributed by atoms with Crippen molar-refractivity contribution >= 4 is 5.69 Å². The maximum atomic E-state index is 11.7. The van der Waals surface area contributed by atoms with Gasteiger partial charge in [0.05, 0.1) is 0 Å². The van der Waals surface area contributed by atoms with E-state index in [1.807, 2.05) is 0 Å². The maximum absolute atomic E-state index is 11.7. The van der Waals surface area contributed by atoms with Gasteiger partial charge in [-0.1, -0.05) is 5.11 Å². The summed E-state index contributed by atoms with van der Waals surface area (Å²) in [5.41, 5.74) is 8.39. The van der Waals surface area contributed by atoms with Crippen molar-refractivity contribution in [2.45, 2.75) is 6.18 Å². The standard InChI is InChI=1S/C8H6F3N3O/c9-8(10,11)5-15-7-3-1-6(2-4-7)13-14-12/h1-4H,5H2. The van der Waals surface area contributed by atoms with Gasteiger partial charge in [0.2, 0.25) is 0 Å². The molecule has 0 aliphatic heterocycles. The zero-order chi connectivity index (χ0) is 11.3. The third-order valence-corrected chi connectivity index (χ3v) is 1.40. The largest absolute Gasteiger partial charge is 0.484 e. The van der Waals surface area contributed by atoms with Crippen molar-refractivity contribution < 1.29 is 17.9 Å². The van der Waals surface area contributed by atoms with Gasteiger partial charge in [0.15, 0.2) is 6.61 Å². The summed E-state index contributed by atoms with van der Waals surface area (Å²) in [7, 11) is 0. The highest BCUT2D eigenvalue weighted by atomic mass is 19.4. The summed E-state index contributed by atoms with van der Waals surface area (Å²) in [6, 6.07) is 5.34. The van der Waals surface area contributed by atoms with Crippen LogP contribution in [0, 0.1) is 0 Å². The number of nitrogens with zero attached hydrogens (tertiary/aromatic N) is 3. The normalized spacial score (nSPS) is 10.6. The van der Waals surface area contributed by atoms with E-state index < -0.39 is 12.8 Å². The number of benzene rings is 1. The predicted molar refractivity (Wildman–Crippen MR) is 46.8 cm³/mol. The van der Waals surface area contributed by atoms with Crippen LogP contribution in [0.15, 0.2) is 29.4 Å². The van der Waals surface area contributed by atoms with Gasteiger partial charge in [0, 0.05) is 10.6 Å². The minimum atomic E-state index is -4.36. The van der Waals surface area contributed by atoms with Crippen LogP contribution in [0.3, 0.4) is 0 Å². The lowest BCUT2D eigenvalue weighted by Gasteiger charge is -2.08. The monoisotopic (exact) mass is 217 g/mol. The molecule has 7 heteroatoms. The van der Waals surface area contributed by atoms with Gasteiger partial charge in [-0.2, -0.15) is 13.2 Å². The van der Waals surface area contributed by atoms with E-state index >= 15 is 0 Å². The summed E-state index contributed by atoms with van der Waals surface area (Å²) in [6.45, 7) is -1.34. The van der Waals surface area contributed by atoms with Crippen LogP contribution < -0.4 is 4.74 Å². The molecule has 1 aromatic rings. The van der Waals surface area contributed by atoms with Gasteiger partial charge < -0.3 is 4.74 Å². The molecule has 0 radical (unpaired) electrons. The fraction of sp³-hybridized carbons (Fsp3) is 0.250. The minimum Gasteiger partial charge on any atom is -0.484 e. The van der Waals surface area contributed by atoms with Crippen LogP contribution in [0.4, 0.5) is 18.9 Å². The van der Waals surface area contributed by atoms with Gasteiger partial charge in [-0.25, -0.2) is 0 Å². The average molecular weight is 217 g/mol. The highest BCUT2D eigenvalue weighted by Crippen LogP contribution is 2.21. The Hall–Kier alpha value is -1.88. The first kappa shape index (κ1) is 11.2. The average Bonchev–Trinajstić information content (AvgIpc) is 2.16. The Morgan fingerprint density at radius 1 is 1.27 bits per heavy atom. The maximum Gasteiger partial charge on any atom is 0.422 e. The summed E-state index contributed by atoms with van der Waals surface area (Å²) in [5.74, 6) is 0.0733. The second kappa shape index (κ2) is 4.56. The van der Waals surface area contributed by atoms with Gasteiger partial charge >= 0.3 is 6.18 Å². The fourth-order valence-electron chi connectivity index (χ4n) is 0.826. The van der Waals surface area contributed by atoms with Crippen molar-refractivity contribution in [2.75, 3.05) is 6.61 Å². The highest BCUT2D eigenvalue weighted by molar-refractivity contribution is 5.40. The van der Waals surface area contributed by atoms with Crippen molar-refractivity contribution in [3.05, 3.63) is 34.7 Å². The second-order valence-corrected chi connectivity index (χ2v) is 2.59. The third kappa shape index (κ3) is 4.24. The summed E-state index contributed by atoms with van der Waals surface area (Å²) in [4.78, 5) is 2.53. The van der Waals surface area contributed by atoms with Crippen molar-refractivity contribution in [3.8, 4) is 5.75 Å². The quantitative estimate of drug-likeness (QED) is 0.433. The molecule has 0 atom stereocenters. The highest BCUT2D eigenvalue weighted by Gasteiger charge is 2.28. The summed E-state index contributed by atoms with van der Waals surface area (Å²) in [6.07, 6.45) is -4.36. The molecule has 0 amide bonds. The molecule has 0 aromatic heterocycles. The Morgan fingerprint density at radius 2 is 1.87 bits per heavy atom. The lowest BCUT2D eigenvalue weighted by molar-refractivity contribution is -0.153. The van der Waals surface area contributed by atoms with Gasteiger partial charge in [-0.05, 0) is 29.8 Å². The molecule has 0 aliphatic carbocycles. The molecule has 15 heavy (non-hydrogen) atoms. The molecular weight excluding hydrogens is 211 g/mol. The minimum absolute atomic E-state index is 0.0733. The van der Waals surface area contributed by atoms with Crippen LogP contribution in [0.2, 0.25) is 0 Å². The van der Waals surface area contributed by atoms with Crippen LogP contribution in [0.1, 0.15) is 0 Å². The van der Waals surface area contributed by atoms with Crippen LogP contribution in [-0.4, -0.2) is 12.8 Å². The van der Waals surface area contributed by atoms with Gasteiger partial charge in [0.1, 0.15) is 5.75 Å². The molecule has 0 spiro atoms. The zero-order valence-electron chi connectivity index (χ0n) is 7.40. The van der Waals surface area contributed by atoms with Gasteiger partial charge in [0.25, 0.3) is 0 Å². The van der Waals surface area contributed by atoms with Gasteiger partial charge in [-0.15, -0.1) is 0 Å².